The molecule has 2 aromatic heterocycles. The summed E-state index contributed by atoms with van der Waals surface area (Å²) in [5.41, 5.74) is -0.647. The van der Waals surface area contributed by atoms with Crippen molar-refractivity contribution in [1.29, 1.82) is 0 Å². The smallest absolute Gasteiger partial charge is 0.287 e. The van der Waals surface area contributed by atoms with E-state index in [1.54, 1.807) is 7.05 Å². The van der Waals surface area contributed by atoms with Gasteiger partial charge in [0.2, 0.25) is 5.78 Å². The topological polar surface area (TPSA) is 47.8 Å². The molecule has 94 valence electrons. The van der Waals surface area contributed by atoms with Crippen molar-refractivity contribution in [3.8, 4) is 0 Å². The highest BCUT2D eigenvalue weighted by molar-refractivity contribution is 6.07. The quantitative estimate of drug-likeness (QED) is 0.772. The molecule has 2 heterocycles. The zero-order valence-electron chi connectivity index (χ0n) is 9.27. The third-order valence-corrected chi connectivity index (χ3v) is 2.29. The Morgan fingerprint density at radius 1 is 1.28 bits per heavy atom. The first-order valence-corrected chi connectivity index (χ1v) is 4.94. The Balaban J connectivity index is 2.28. The number of carbonyl (C=O) groups excluding carboxylic acids is 1. The number of hydrogen-bond donors (Lipinski definition) is 0. The highest BCUT2D eigenvalue weighted by Gasteiger charge is 2.31. The third-order valence-electron chi connectivity index (χ3n) is 2.29. The molecule has 7 heteroatoms. The van der Waals surface area contributed by atoms with Gasteiger partial charge < -0.3 is 0 Å². The number of rotatable bonds is 2. The lowest BCUT2D eigenvalue weighted by atomic mass is 10.1. The first-order chi connectivity index (χ1) is 8.38. The Bertz CT molecular complexity index is 572. The zero-order valence-corrected chi connectivity index (χ0v) is 9.27. The molecule has 0 fully saturated rings. The van der Waals surface area contributed by atoms with Gasteiger partial charge in [-0.15, -0.1) is 0 Å². The van der Waals surface area contributed by atoms with Gasteiger partial charge in [-0.3, -0.25) is 14.5 Å². The van der Waals surface area contributed by atoms with E-state index < -0.39 is 17.5 Å². The minimum atomic E-state index is -4.46. The molecule has 0 aliphatic carbocycles. The van der Waals surface area contributed by atoms with Crippen LogP contribution in [0.5, 0.6) is 0 Å². The van der Waals surface area contributed by atoms with Gasteiger partial charge in [-0.2, -0.15) is 18.3 Å². The summed E-state index contributed by atoms with van der Waals surface area (Å²) in [7, 11) is 1.64. The second kappa shape index (κ2) is 4.25. The summed E-state index contributed by atoms with van der Waals surface area (Å²) >= 11 is 0. The molecule has 0 saturated carbocycles. The minimum Gasteiger partial charge on any atom is -0.287 e. The molecule has 18 heavy (non-hydrogen) atoms. The van der Waals surface area contributed by atoms with Gasteiger partial charge in [-0.1, -0.05) is 0 Å². The predicted molar refractivity (Wildman–Crippen MR) is 55.9 cm³/mol. The molecule has 0 aliphatic rings. The van der Waals surface area contributed by atoms with E-state index in [1.807, 2.05) is 0 Å². The Labute approximate surface area is 100 Å². The Kier molecular flexibility index (Phi) is 2.90. The SMILES string of the molecule is Cn1cc(C(=O)c2ccc(C(F)(F)F)cn2)cn1. The Hall–Kier alpha value is -2.18. The van der Waals surface area contributed by atoms with Gasteiger partial charge in [-0.05, 0) is 12.1 Å². The van der Waals surface area contributed by atoms with Gasteiger partial charge in [0.05, 0.1) is 17.3 Å². The number of aryl methyl sites for hydroxylation is 1. The summed E-state index contributed by atoms with van der Waals surface area (Å²) in [5, 5.41) is 3.81. The van der Waals surface area contributed by atoms with Crippen molar-refractivity contribution in [3.05, 3.63) is 47.5 Å². The van der Waals surface area contributed by atoms with Gasteiger partial charge in [0.15, 0.2) is 0 Å². The molecular formula is C11H8F3N3O. The molecule has 0 aromatic carbocycles. The van der Waals surface area contributed by atoms with Crippen LogP contribution in [-0.2, 0) is 13.2 Å². The van der Waals surface area contributed by atoms with E-state index >= 15 is 0 Å². The van der Waals surface area contributed by atoms with Gasteiger partial charge in [0, 0.05) is 19.4 Å². The zero-order chi connectivity index (χ0) is 13.3. The van der Waals surface area contributed by atoms with E-state index in [2.05, 4.69) is 10.1 Å². The van der Waals surface area contributed by atoms with Crippen molar-refractivity contribution in [2.75, 3.05) is 0 Å². The number of ketones is 1. The third kappa shape index (κ3) is 2.39. The van der Waals surface area contributed by atoms with Crippen LogP contribution in [0.1, 0.15) is 21.6 Å². The van der Waals surface area contributed by atoms with Crippen LogP contribution in [0.4, 0.5) is 13.2 Å². The van der Waals surface area contributed by atoms with Crippen LogP contribution in [0.25, 0.3) is 0 Å². The Morgan fingerprint density at radius 2 is 2.00 bits per heavy atom. The number of nitrogens with zero attached hydrogens (tertiary/aromatic N) is 3. The number of alkyl halides is 3. The van der Waals surface area contributed by atoms with Crippen molar-refractivity contribution in [3.63, 3.8) is 0 Å². The van der Waals surface area contributed by atoms with Crippen LogP contribution < -0.4 is 0 Å². The fourth-order valence-corrected chi connectivity index (χ4v) is 1.38. The van der Waals surface area contributed by atoms with Crippen molar-refractivity contribution < 1.29 is 18.0 Å². The number of hydrogen-bond acceptors (Lipinski definition) is 3. The van der Waals surface area contributed by atoms with Gasteiger partial charge >= 0.3 is 6.18 Å². The molecule has 0 spiro atoms. The molecule has 0 bridgehead atoms. The average molecular weight is 255 g/mol. The first-order valence-electron chi connectivity index (χ1n) is 4.94. The Morgan fingerprint density at radius 3 is 2.44 bits per heavy atom. The molecule has 2 rings (SSSR count). The average Bonchev–Trinajstić information content (AvgIpc) is 2.74. The molecule has 0 radical (unpaired) electrons. The van der Waals surface area contributed by atoms with Crippen LogP contribution in [-0.4, -0.2) is 20.5 Å². The summed E-state index contributed by atoms with van der Waals surface area (Å²) in [6, 6.07) is 1.88. The molecule has 0 unspecified atom stereocenters. The van der Waals surface area contributed by atoms with Gasteiger partial charge in [0.25, 0.3) is 0 Å². The lowest BCUT2D eigenvalue weighted by Crippen LogP contribution is -2.08. The number of aromatic nitrogens is 3. The van der Waals surface area contributed by atoms with Crippen LogP contribution >= 0.6 is 0 Å². The summed E-state index contributed by atoms with van der Waals surface area (Å²) in [5.74, 6) is -0.461. The molecule has 0 aliphatic heterocycles. The molecule has 0 amide bonds. The van der Waals surface area contributed by atoms with E-state index in [0.29, 0.717) is 6.20 Å². The predicted octanol–water partition coefficient (Wildman–Crippen LogP) is 2.06. The van der Waals surface area contributed by atoms with E-state index in [4.69, 9.17) is 0 Å². The molecule has 4 nitrogen and oxygen atoms in total. The molecular weight excluding hydrogens is 247 g/mol. The monoisotopic (exact) mass is 255 g/mol. The maximum atomic E-state index is 12.3. The van der Waals surface area contributed by atoms with Crippen LogP contribution in [0.3, 0.4) is 0 Å². The van der Waals surface area contributed by atoms with E-state index in [0.717, 1.165) is 12.1 Å². The molecule has 0 N–H and O–H groups in total. The fourth-order valence-electron chi connectivity index (χ4n) is 1.38. The first kappa shape index (κ1) is 12.3. The lowest BCUT2D eigenvalue weighted by Gasteiger charge is -2.05. The van der Waals surface area contributed by atoms with E-state index in [1.165, 1.54) is 17.1 Å². The van der Waals surface area contributed by atoms with Crippen molar-refractivity contribution in [2.45, 2.75) is 6.18 Å². The second-order valence-corrected chi connectivity index (χ2v) is 3.66. The van der Waals surface area contributed by atoms with Crippen molar-refractivity contribution in [1.82, 2.24) is 14.8 Å². The molecule has 0 atom stereocenters. The number of carbonyl (C=O) groups is 1. The maximum absolute atomic E-state index is 12.3. The minimum absolute atomic E-state index is 0.0454. The van der Waals surface area contributed by atoms with Crippen LogP contribution in [0.15, 0.2) is 30.7 Å². The fraction of sp³-hybridized carbons (Fsp3) is 0.182. The van der Waals surface area contributed by atoms with E-state index in [-0.39, 0.29) is 11.3 Å². The summed E-state index contributed by atoms with van der Waals surface area (Å²) < 4.78 is 38.4. The van der Waals surface area contributed by atoms with E-state index in [9.17, 15) is 18.0 Å². The molecule has 0 saturated heterocycles. The lowest BCUT2D eigenvalue weighted by molar-refractivity contribution is -0.137. The standard InChI is InChI=1S/C11H8F3N3O/c1-17-6-7(4-16-17)10(18)9-3-2-8(5-15-9)11(12,13)14/h2-6H,1H3. The van der Waals surface area contributed by atoms with Gasteiger partial charge in [-0.25, -0.2) is 0 Å². The van der Waals surface area contributed by atoms with Crippen molar-refractivity contribution in [2.24, 2.45) is 7.05 Å². The largest absolute Gasteiger partial charge is 0.417 e. The number of pyridine rings is 1. The summed E-state index contributed by atoms with van der Waals surface area (Å²) in [4.78, 5) is 15.3. The highest BCUT2D eigenvalue weighted by atomic mass is 19.4. The van der Waals surface area contributed by atoms with Gasteiger partial charge in [0.1, 0.15) is 5.69 Å². The van der Waals surface area contributed by atoms with Crippen LogP contribution in [0, 0.1) is 0 Å². The molecule has 2 aromatic rings. The van der Waals surface area contributed by atoms with Crippen LogP contribution in [0.2, 0.25) is 0 Å². The van der Waals surface area contributed by atoms with Crippen molar-refractivity contribution >= 4 is 5.78 Å². The summed E-state index contributed by atoms with van der Waals surface area (Å²) in [6.07, 6.45) is -1.00. The second-order valence-electron chi connectivity index (χ2n) is 3.66. The number of halogens is 3. The highest BCUT2D eigenvalue weighted by Crippen LogP contribution is 2.28. The maximum Gasteiger partial charge on any atom is 0.417 e. The normalized spacial score (nSPS) is 11.6. The summed E-state index contributed by atoms with van der Waals surface area (Å²) in [6.45, 7) is 0.